The minimum Gasteiger partial charge on any atom is -0.299 e. The highest BCUT2D eigenvalue weighted by Crippen LogP contribution is 2.24. The monoisotopic (exact) mass is 255 g/mol. The maximum Gasteiger partial charge on any atom is 0.0274 e. The van der Waals surface area contributed by atoms with Crippen molar-refractivity contribution >= 4 is 24.2 Å². The van der Waals surface area contributed by atoms with Crippen molar-refractivity contribution in [3.8, 4) is 0 Å². The summed E-state index contributed by atoms with van der Waals surface area (Å²) in [6.07, 6.45) is 1.15. The molecule has 1 saturated heterocycles. The lowest BCUT2D eigenvalue weighted by Crippen LogP contribution is -2.41. The molecule has 1 fully saturated rings. The molecule has 1 aromatic rings. The maximum absolute atomic E-state index is 5.97. The average molecular weight is 256 g/mol. The van der Waals surface area contributed by atoms with Crippen LogP contribution in [0.2, 0.25) is 0 Å². The lowest BCUT2D eigenvalue weighted by molar-refractivity contribution is 0.184. The van der Waals surface area contributed by atoms with E-state index in [1.807, 2.05) is 0 Å². The zero-order valence-corrected chi connectivity index (χ0v) is 11.0. The Bertz CT molecular complexity index is 317. The van der Waals surface area contributed by atoms with Gasteiger partial charge in [0, 0.05) is 24.2 Å². The van der Waals surface area contributed by atoms with E-state index in [0.717, 1.165) is 31.9 Å². The second-order valence-electron chi connectivity index (χ2n) is 4.49. The zero-order valence-electron chi connectivity index (χ0n) is 9.35. The van der Waals surface area contributed by atoms with E-state index in [-0.39, 0.29) is 0 Å². The Morgan fingerprint density at radius 2 is 2.06 bits per heavy atom. The minimum atomic E-state index is 0.476. The first-order valence-electron chi connectivity index (χ1n) is 5.80. The SMILES string of the molecule is SC1CCN(Cc2ccccc2)CC1CCl. The summed E-state index contributed by atoms with van der Waals surface area (Å²) in [5.74, 6) is 1.25. The predicted molar refractivity (Wildman–Crippen MR) is 73.3 cm³/mol. The summed E-state index contributed by atoms with van der Waals surface area (Å²) in [4.78, 5) is 2.48. The Balaban J connectivity index is 1.92. The number of nitrogens with zero attached hydrogens (tertiary/aromatic N) is 1. The van der Waals surface area contributed by atoms with Crippen LogP contribution < -0.4 is 0 Å². The first-order valence-corrected chi connectivity index (χ1v) is 6.85. The smallest absolute Gasteiger partial charge is 0.0274 e. The zero-order chi connectivity index (χ0) is 11.4. The van der Waals surface area contributed by atoms with Gasteiger partial charge in [-0.25, -0.2) is 0 Å². The first-order chi connectivity index (χ1) is 7.79. The van der Waals surface area contributed by atoms with Gasteiger partial charge in [0.25, 0.3) is 0 Å². The van der Waals surface area contributed by atoms with Crippen molar-refractivity contribution in [3.05, 3.63) is 35.9 Å². The quantitative estimate of drug-likeness (QED) is 0.642. The molecule has 1 heterocycles. The number of piperidine rings is 1. The molecule has 2 atom stereocenters. The number of hydrogen-bond acceptors (Lipinski definition) is 2. The van der Waals surface area contributed by atoms with E-state index in [4.69, 9.17) is 11.6 Å². The van der Waals surface area contributed by atoms with Gasteiger partial charge in [0.1, 0.15) is 0 Å². The van der Waals surface area contributed by atoms with Crippen molar-refractivity contribution < 1.29 is 0 Å². The third-order valence-electron chi connectivity index (χ3n) is 3.23. The standard InChI is InChI=1S/C13H18ClNS/c14-8-12-10-15(7-6-13(12)16)9-11-4-2-1-3-5-11/h1-5,12-13,16H,6-10H2. The summed E-state index contributed by atoms with van der Waals surface area (Å²) >= 11 is 10.6. The summed E-state index contributed by atoms with van der Waals surface area (Å²) in [7, 11) is 0. The van der Waals surface area contributed by atoms with Gasteiger partial charge in [-0.05, 0) is 24.4 Å². The Morgan fingerprint density at radius 1 is 1.31 bits per heavy atom. The van der Waals surface area contributed by atoms with Gasteiger partial charge >= 0.3 is 0 Å². The molecule has 0 spiro atoms. The van der Waals surface area contributed by atoms with Crippen LogP contribution in [0.25, 0.3) is 0 Å². The van der Waals surface area contributed by atoms with E-state index in [1.54, 1.807) is 0 Å². The number of thiol groups is 1. The summed E-state index contributed by atoms with van der Waals surface area (Å²) in [6.45, 7) is 3.25. The van der Waals surface area contributed by atoms with Gasteiger partial charge in [-0.2, -0.15) is 12.6 Å². The second-order valence-corrected chi connectivity index (χ2v) is 5.46. The Morgan fingerprint density at radius 3 is 2.75 bits per heavy atom. The first kappa shape index (κ1) is 12.3. The van der Waals surface area contributed by atoms with Gasteiger partial charge in [-0.3, -0.25) is 4.90 Å². The van der Waals surface area contributed by atoms with Crippen LogP contribution in [0.3, 0.4) is 0 Å². The normalized spacial score (nSPS) is 26.9. The lowest BCUT2D eigenvalue weighted by Gasteiger charge is -2.35. The number of rotatable bonds is 3. The second kappa shape index (κ2) is 5.95. The van der Waals surface area contributed by atoms with E-state index in [0.29, 0.717) is 11.2 Å². The molecular weight excluding hydrogens is 238 g/mol. The number of benzene rings is 1. The van der Waals surface area contributed by atoms with Gasteiger partial charge in [0.05, 0.1) is 0 Å². The Hall–Kier alpha value is -0.180. The molecule has 1 aromatic carbocycles. The van der Waals surface area contributed by atoms with Crippen molar-refractivity contribution in [1.82, 2.24) is 4.90 Å². The molecular formula is C13H18ClNS. The van der Waals surface area contributed by atoms with Crippen LogP contribution >= 0.6 is 24.2 Å². The highest BCUT2D eigenvalue weighted by molar-refractivity contribution is 7.81. The minimum absolute atomic E-state index is 0.476. The topological polar surface area (TPSA) is 3.24 Å². The predicted octanol–water partition coefficient (Wildman–Crippen LogP) is 3.05. The van der Waals surface area contributed by atoms with Crippen molar-refractivity contribution in [2.45, 2.75) is 18.2 Å². The van der Waals surface area contributed by atoms with Crippen LogP contribution in [0.4, 0.5) is 0 Å². The molecule has 2 rings (SSSR count). The number of alkyl halides is 1. The van der Waals surface area contributed by atoms with Crippen molar-refractivity contribution in [3.63, 3.8) is 0 Å². The molecule has 3 heteroatoms. The molecule has 0 radical (unpaired) electrons. The summed E-state index contributed by atoms with van der Waals surface area (Å²) in [6, 6.07) is 10.6. The van der Waals surface area contributed by atoms with Crippen LogP contribution in [0.15, 0.2) is 30.3 Å². The molecule has 1 aliphatic rings. The molecule has 0 N–H and O–H groups in total. The molecule has 88 valence electrons. The van der Waals surface area contributed by atoms with E-state index < -0.39 is 0 Å². The van der Waals surface area contributed by atoms with Crippen LogP contribution in [-0.4, -0.2) is 29.1 Å². The van der Waals surface area contributed by atoms with Gasteiger partial charge in [0.15, 0.2) is 0 Å². The number of likely N-dealkylation sites (tertiary alicyclic amines) is 1. The van der Waals surface area contributed by atoms with Gasteiger partial charge < -0.3 is 0 Å². The molecule has 0 amide bonds. The van der Waals surface area contributed by atoms with Crippen molar-refractivity contribution in [2.75, 3.05) is 19.0 Å². The molecule has 0 saturated carbocycles. The molecule has 1 aliphatic heterocycles. The molecule has 2 unspecified atom stereocenters. The molecule has 0 aliphatic carbocycles. The van der Waals surface area contributed by atoms with Crippen molar-refractivity contribution in [2.24, 2.45) is 5.92 Å². The highest BCUT2D eigenvalue weighted by Gasteiger charge is 2.25. The van der Waals surface area contributed by atoms with Crippen LogP contribution in [-0.2, 0) is 6.54 Å². The number of hydrogen-bond donors (Lipinski definition) is 1. The van der Waals surface area contributed by atoms with Crippen LogP contribution in [0.1, 0.15) is 12.0 Å². The van der Waals surface area contributed by atoms with E-state index in [9.17, 15) is 0 Å². The van der Waals surface area contributed by atoms with Crippen LogP contribution in [0.5, 0.6) is 0 Å². The van der Waals surface area contributed by atoms with Gasteiger partial charge in [-0.15, -0.1) is 11.6 Å². The van der Waals surface area contributed by atoms with Gasteiger partial charge in [-0.1, -0.05) is 30.3 Å². The summed E-state index contributed by atoms with van der Waals surface area (Å²) in [5, 5.41) is 0.476. The Labute approximate surface area is 108 Å². The van der Waals surface area contributed by atoms with Crippen LogP contribution in [0, 0.1) is 5.92 Å². The average Bonchev–Trinajstić information content (AvgIpc) is 2.33. The maximum atomic E-state index is 5.97. The van der Waals surface area contributed by atoms with Gasteiger partial charge in [0.2, 0.25) is 0 Å². The molecule has 0 aromatic heterocycles. The third-order valence-corrected chi connectivity index (χ3v) is 4.30. The third kappa shape index (κ3) is 3.16. The fourth-order valence-corrected chi connectivity index (χ4v) is 2.98. The van der Waals surface area contributed by atoms with E-state index >= 15 is 0 Å². The van der Waals surface area contributed by atoms with Crippen molar-refractivity contribution in [1.29, 1.82) is 0 Å². The molecule has 1 nitrogen and oxygen atoms in total. The lowest BCUT2D eigenvalue weighted by atomic mass is 9.99. The summed E-state index contributed by atoms with van der Waals surface area (Å²) < 4.78 is 0. The molecule has 16 heavy (non-hydrogen) atoms. The molecule has 0 bridgehead atoms. The fourth-order valence-electron chi connectivity index (χ4n) is 2.23. The number of halogens is 1. The Kier molecular flexibility index (Phi) is 4.56. The van der Waals surface area contributed by atoms with E-state index in [1.165, 1.54) is 5.56 Å². The highest BCUT2D eigenvalue weighted by atomic mass is 35.5. The largest absolute Gasteiger partial charge is 0.299 e. The summed E-state index contributed by atoms with van der Waals surface area (Å²) in [5.41, 5.74) is 1.38. The fraction of sp³-hybridized carbons (Fsp3) is 0.538. The van der Waals surface area contributed by atoms with E-state index in [2.05, 4.69) is 47.9 Å².